The Bertz CT molecular complexity index is 767. The first-order valence-corrected chi connectivity index (χ1v) is 8.70. The molecular formula is C14H13FN2O2S2. The monoisotopic (exact) mass is 324 g/mol. The molecule has 1 aliphatic heterocycles. The third-order valence-electron chi connectivity index (χ3n) is 3.19. The van der Waals surface area contributed by atoms with Gasteiger partial charge >= 0.3 is 0 Å². The molecule has 4 nitrogen and oxygen atoms in total. The zero-order valence-electron chi connectivity index (χ0n) is 11.1. The summed E-state index contributed by atoms with van der Waals surface area (Å²) in [6.07, 6.45) is 5.92. The number of halogens is 1. The van der Waals surface area contributed by atoms with Crippen molar-refractivity contribution in [2.75, 3.05) is 13.1 Å². The molecule has 0 bridgehead atoms. The maximum absolute atomic E-state index is 12.9. The zero-order chi connectivity index (χ0) is 14.9. The van der Waals surface area contributed by atoms with Gasteiger partial charge in [0.1, 0.15) is 10.8 Å². The van der Waals surface area contributed by atoms with Gasteiger partial charge in [0, 0.05) is 18.7 Å². The molecule has 0 saturated heterocycles. The van der Waals surface area contributed by atoms with E-state index >= 15 is 0 Å². The second-order valence-corrected chi connectivity index (χ2v) is 7.81. The van der Waals surface area contributed by atoms with Gasteiger partial charge in [0.15, 0.2) is 4.21 Å². The fourth-order valence-electron chi connectivity index (χ4n) is 2.07. The van der Waals surface area contributed by atoms with Crippen LogP contribution >= 0.6 is 11.3 Å². The van der Waals surface area contributed by atoms with Crippen LogP contribution in [0.15, 0.2) is 46.8 Å². The van der Waals surface area contributed by atoms with Gasteiger partial charge in [-0.1, -0.05) is 12.2 Å². The number of thiazole rings is 1. The van der Waals surface area contributed by atoms with Crippen molar-refractivity contribution < 1.29 is 12.8 Å². The number of nitrogens with zero attached hydrogens (tertiary/aromatic N) is 2. The van der Waals surface area contributed by atoms with Crippen molar-refractivity contribution >= 4 is 21.4 Å². The summed E-state index contributed by atoms with van der Waals surface area (Å²) < 4.78 is 39.5. The normalized spacial score (nSPS) is 16.2. The summed E-state index contributed by atoms with van der Waals surface area (Å²) in [4.78, 5) is 4.15. The molecule has 1 aromatic heterocycles. The van der Waals surface area contributed by atoms with Gasteiger partial charge < -0.3 is 0 Å². The van der Waals surface area contributed by atoms with E-state index in [1.807, 2.05) is 12.2 Å². The van der Waals surface area contributed by atoms with E-state index in [4.69, 9.17) is 0 Å². The Morgan fingerprint density at radius 3 is 2.62 bits per heavy atom. The van der Waals surface area contributed by atoms with Gasteiger partial charge in [0.25, 0.3) is 10.0 Å². The average Bonchev–Trinajstić information content (AvgIpc) is 2.99. The lowest BCUT2D eigenvalue weighted by atomic mass is 10.2. The lowest BCUT2D eigenvalue weighted by molar-refractivity contribution is 0.439. The molecule has 0 N–H and O–H groups in total. The molecule has 0 unspecified atom stereocenters. The van der Waals surface area contributed by atoms with Crippen LogP contribution < -0.4 is 0 Å². The minimum atomic E-state index is -3.49. The number of hydrogen-bond donors (Lipinski definition) is 0. The first kappa shape index (κ1) is 14.4. The van der Waals surface area contributed by atoms with E-state index in [0.29, 0.717) is 23.7 Å². The van der Waals surface area contributed by atoms with E-state index in [1.54, 1.807) is 12.1 Å². The van der Waals surface area contributed by atoms with E-state index in [0.717, 1.165) is 17.8 Å². The number of hydrogen-bond acceptors (Lipinski definition) is 4. The molecule has 21 heavy (non-hydrogen) atoms. The molecular weight excluding hydrogens is 311 g/mol. The van der Waals surface area contributed by atoms with Gasteiger partial charge in [-0.3, -0.25) is 0 Å². The molecule has 3 rings (SSSR count). The van der Waals surface area contributed by atoms with Crippen LogP contribution in [-0.2, 0) is 10.0 Å². The van der Waals surface area contributed by atoms with Crippen molar-refractivity contribution in [3.05, 3.63) is 48.4 Å². The van der Waals surface area contributed by atoms with E-state index in [-0.39, 0.29) is 10.0 Å². The number of rotatable bonds is 3. The van der Waals surface area contributed by atoms with Crippen molar-refractivity contribution in [1.29, 1.82) is 0 Å². The second kappa shape index (κ2) is 5.67. The first-order chi connectivity index (χ1) is 10.1. The van der Waals surface area contributed by atoms with Gasteiger partial charge in [0.2, 0.25) is 0 Å². The van der Waals surface area contributed by atoms with Crippen LogP contribution in [0, 0.1) is 5.82 Å². The highest BCUT2D eigenvalue weighted by Gasteiger charge is 2.26. The largest absolute Gasteiger partial charge is 0.254 e. The molecule has 0 fully saturated rings. The Kier molecular flexibility index (Phi) is 3.88. The molecule has 0 aliphatic carbocycles. The molecule has 0 amide bonds. The van der Waals surface area contributed by atoms with Crippen LogP contribution in [0.1, 0.15) is 6.42 Å². The van der Waals surface area contributed by atoms with Gasteiger partial charge in [-0.15, -0.1) is 11.3 Å². The number of sulfonamides is 1. The summed E-state index contributed by atoms with van der Waals surface area (Å²) in [5.74, 6) is -0.330. The lowest BCUT2D eigenvalue weighted by Crippen LogP contribution is -2.33. The maximum atomic E-state index is 12.9. The predicted molar refractivity (Wildman–Crippen MR) is 80.0 cm³/mol. The highest BCUT2D eigenvalue weighted by atomic mass is 32.2. The Balaban J connectivity index is 1.90. The number of benzene rings is 1. The van der Waals surface area contributed by atoms with Crippen molar-refractivity contribution in [2.24, 2.45) is 0 Å². The molecule has 2 heterocycles. The summed E-state index contributed by atoms with van der Waals surface area (Å²) in [7, 11) is -3.49. The van der Waals surface area contributed by atoms with Crippen molar-refractivity contribution in [3.8, 4) is 10.6 Å². The summed E-state index contributed by atoms with van der Waals surface area (Å²) >= 11 is 1.11. The van der Waals surface area contributed by atoms with Crippen molar-refractivity contribution in [2.45, 2.75) is 10.6 Å². The summed E-state index contributed by atoms with van der Waals surface area (Å²) in [6.45, 7) is 0.884. The van der Waals surface area contributed by atoms with Crippen LogP contribution in [0.5, 0.6) is 0 Å². The molecule has 0 saturated carbocycles. The van der Waals surface area contributed by atoms with Crippen molar-refractivity contribution in [1.82, 2.24) is 9.29 Å². The average molecular weight is 324 g/mol. The molecule has 0 radical (unpaired) electrons. The highest BCUT2D eigenvalue weighted by Crippen LogP contribution is 2.30. The Morgan fingerprint density at radius 1 is 1.19 bits per heavy atom. The summed E-state index contributed by atoms with van der Waals surface area (Å²) in [5.41, 5.74) is 0.710. The van der Waals surface area contributed by atoms with Crippen LogP contribution in [-0.4, -0.2) is 30.8 Å². The molecule has 2 aromatic rings. The standard InChI is InChI=1S/C14H13FN2O2S2/c15-12-6-4-11(5-7-12)14-16-10-13(20-14)21(18,19)17-8-2-1-3-9-17/h1-2,4-7,10H,3,8-9H2. The van der Waals surface area contributed by atoms with Crippen LogP contribution in [0.2, 0.25) is 0 Å². The van der Waals surface area contributed by atoms with E-state index in [1.165, 1.54) is 22.6 Å². The summed E-state index contributed by atoms with van der Waals surface area (Å²) in [6, 6.07) is 5.85. The van der Waals surface area contributed by atoms with Crippen LogP contribution in [0.25, 0.3) is 10.6 Å². The highest BCUT2D eigenvalue weighted by molar-refractivity contribution is 7.91. The molecule has 110 valence electrons. The third-order valence-corrected chi connectivity index (χ3v) is 6.54. The molecule has 0 spiro atoms. The quantitative estimate of drug-likeness (QED) is 0.816. The Labute approximate surface area is 126 Å². The van der Waals surface area contributed by atoms with Crippen LogP contribution in [0.3, 0.4) is 0 Å². The Hall–Kier alpha value is -1.57. The third kappa shape index (κ3) is 2.90. The van der Waals surface area contributed by atoms with E-state index in [9.17, 15) is 12.8 Å². The van der Waals surface area contributed by atoms with Gasteiger partial charge in [-0.25, -0.2) is 17.8 Å². The lowest BCUT2D eigenvalue weighted by Gasteiger charge is -2.21. The van der Waals surface area contributed by atoms with Gasteiger partial charge in [-0.2, -0.15) is 4.31 Å². The zero-order valence-corrected chi connectivity index (χ0v) is 12.7. The van der Waals surface area contributed by atoms with E-state index in [2.05, 4.69) is 4.98 Å². The summed E-state index contributed by atoms with van der Waals surface area (Å²) in [5, 5.41) is 0.570. The fraction of sp³-hybridized carbons (Fsp3) is 0.214. The second-order valence-electron chi connectivity index (χ2n) is 4.61. The first-order valence-electron chi connectivity index (χ1n) is 6.44. The minimum Gasteiger partial charge on any atom is -0.243 e. The molecule has 7 heteroatoms. The van der Waals surface area contributed by atoms with Gasteiger partial charge in [0.05, 0.1) is 6.20 Å². The topological polar surface area (TPSA) is 50.3 Å². The number of aromatic nitrogens is 1. The molecule has 1 aliphatic rings. The maximum Gasteiger partial charge on any atom is 0.254 e. The smallest absolute Gasteiger partial charge is 0.243 e. The molecule has 0 atom stereocenters. The fourth-order valence-corrected chi connectivity index (χ4v) is 4.77. The SMILES string of the molecule is O=S(=O)(c1cnc(-c2ccc(F)cc2)s1)N1CC=CCC1. The predicted octanol–water partition coefficient (Wildman–Crippen LogP) is 2.90. The van der Waals surface area contributed by atoms with E-state index < -0.39 is 10.0 Å². The van der Waals surface area contributed by atoms with Gasteiger partial charge in [-0.05, 0) is 30.7 Å². The Morgan fingerprint density at radius 2 is 1.95 bits per heavy atom. The molecule has 1 aromatic carbocycles. The van der Waals surface area contributed by atoms with Crippen molar-refractivity contribution in [3.63, 3.8) is 0 Å². The van der Waals surface area contributed by atoms with Crippen LogP contribution in [0.4, 0.5) is 4.39 Å². The minimum absolute atomic E-state index is 0.220.